The normalized spacial score (nSPS) is 11.0. The summed E-state index contributed by atoms with van der Waals surface area (Å²) in [6, 6.07) is 15.2. The Bertz CT molecular complexity index is 1070. The molecule has 0 bridgehead atoms. The second-order valence-corrected chi connectivity index (χ2v) is 5.83. The maximum Gasteiger partial charge on any atom is 0.338 e. The molecule has 0 aliphatic carbocycles. The highest BCUT2D eigenvalue weighted by Gasteiger charge is 2.15. The number of esters is 1. The lowest BCUT2D eigenvalue weighted by molar-refractivity contribution is 0.0601. The predicted molar refractivity (Wildman–Crippen MR) is 96.5 cm³/mol. The van der Waals surface area contributed by atoms with Crippen molar-refractivity contribution in [2.75, 3.05) is 7.11 Å². The van der Waals surface area contributed by atoms with Gasteiger partial charge in [-0.2, -0.15) is 0 Å². The second-order valence-electron chi connectivity index (χ2n) is 5.83. The molecular formula is C19H17N5O2. The number of carbonyl (C=O) groups is 1. The van der Waals surface area contributed by atoms with E-state index in [4.69, 9.17) is 4.74 Å². The number of ether oxygens (including phenoxy) is 1. The van der Waals surface area contributed by atoms with Crippen LogP contribution in [0.5, 0.6) is 0 Å². The summed E-state index contributed by atoms with van der Waals surface area (Å²) < 4.78 is 8.68. The molecule has 4 aromatic rings. The molecule has 0 spiro atoms. The zero-order chi connectivity index (χ0) is 17.9. The molecule has 0 fully saturated rings. The molecule has 2 aromatic heterocycles. The van der Waals surface area contributed by atoms with Crippen molar-refractivity contribution in [2.45, 2.75) is 13.1 Å². The van der Waals surface area contributed by atoms with Gasteiger partial charge in [-0.3, -0.25) is 4.68 Å². The van der Waals surface area contributed by atoms with E-state index in [0.29, 0.717) is 23.4 Å². The molecule has 0 saturated carbocycles. The van der Waals surface area contributed by atoms with E-state index in [-0.39, 0.29) is 5.97 Å². The first-order chi connectivity index (χ1) is 12.8. The van der Waals surface area contributed by atoms with E-state index in [1.165, 1.54) is 7.11 Å². The number of benzene rings is 2. The highest BCUT2D eigenvalue weighted by Crippen LogP contribution is 2.22. The van der Waals surface area contributed by atoms with E-state index in [0.717, 1.165) is 17.6 Å². The number of imidazole rings is 1. The Morgan fingerprint density at radius 1 is 1.08 bits per heavy atom. The molecule has 0 amide bonds. The molecule has 26 heavy (non-hydrogen) atoms. The lowest BCUT2D eigenvalue weighted by Gasteiger charge is -2.05. The molecule has 0 N–H and O–H groups in total. The Hall–Kier alpha value is -3.48. The SMILES string of the molecule is COC(=O)c1ccccc1-c1cn(CCn2cnc3ccccc32)nn1. The monoisotopic (exact) mass is 347 g/mol. The first-order valence-electron chi connectivity index (χ1n) is 8.24. The molecule has 0 radical (unpaired) electrons. The van der Waals surface area contributed by atoms with Crippen LogP contribution >= 0.6 is 0 Å². The highest BCUT2D eigenvalue weighted by atomic mass is 16.5. The number of aromatic nitrogens is 5. The van der Waals surface area contributed by atoms with Gasteiger partial charge in [-0.1, -0.05) is 35.5 Å². The average molecular weight is 347 g/mol. The molecule has 0 unspecified atom stereocenters. The summed E-state index contributed by atoms with van der Waals surface area (Å²) in [7, 11) is 1.37. The molecule has 130 valence electrons. The fourth-order valence-electron chi connectivity index (χ4n) is 2.92. The van der Waals surface area contributed by atoms with E-state index in [9.17, 15) is 4.79 Å². The van der Waals surface area contributed by atoms with Crippen LogP contribution < -0.4 is 0 Å². The summed E-state index contributed by atoms with van der Waals surface area (Å²) in [6.45, 7) is 1.37. The Labute approximate surface area is 149 Å². The fourth-order valence-corrected chi connectivity index (χ4v) is 2.92. The van der Waals surface area contributed by atoms with Gasteiger partial charge in [0.05, 0.1) is 42.8 Å². The van der Waals surface area contributed by atoms with E-state index < -0.39 is 0 Å². The summed E-state index contributed by atoms with van der Waals surface area (Å²) >= 11 is 0. The molecule has 2 aromatic carbocycles. The van der Waals surface area contributed by atoms with Crippen LogP contribution in [-0.4, -0.2) is 37.6 Å². The van der Waals surface area contributed by atoms with Crippen LogP contribution in [0.3, 0.4) is 0 Å². The number of aryl methyl sites for hydroxylation is 2. The fraction of sp³-hybridized carbons (Fsp3) is 0.158. The first-order valence-corrected chi connectivity index (χ1v) is 8.24. The van der Waals surface area contributed by atoms with Crippen LogP contribution in [0.25, 0.3) is 22.3 Å². The Morgan fingerprint density at radius 3 is 2.77 bits per heavy atom. The third-order valence-electron chi connectivity index (χ3n) is 4.24. The topological polar surface area (TPSA) is 74.8 Å². The number of hydrogen-bond donors (Lipinski definition) is 0. The molecular weight excluding hydrogens is 330 g/mol. The van der Waals surface area contributed by atoms with Gasteiger partial charge in [-0.05, 0) is 18.2 Å². The van der Waals surface area contributed by atoms with Gasteiger partial charge in [0.25, 0.3) is 0 Å². The molecule has 0 aliphatic rings. The quantitative estimate of drug-likeness (QED) is 0.519. The van der Waals surface area contributed by atoms with Crippen molar-refractivity contribution < 1.29 is 9.53 Å². The van der Waals surface area contributed by atoms with Gasteiger partial charge >= 0.3 is 5.97 Å². The summed E-state index contributed by atoms with van der Waals surface area (Å²) in [5.41, 5.74) is 3.88. The van der Waals surface area contributed by atoms with Crippen LogP contribution in [0.15, 0.2) is 61.1 Å². The zero-order valence-electron chi connectivity index (χ0n) is 14.2. The van der Waals surface area contributed by atoms with Gasteiger partial charge in [-0.15, -0.1) is 5.10 Å². The minimum atomic E-state index is -0.389. The Balaban J connectivity index is 1.55. The maximum absolute atomic E-state index is 11.9. The standard InChI is InChI=1S/C19H17N5O2/c1-26-19(25)15-7-3-2-6-14(15)17-12-24(22-21-17)11-10-23-13-20-16-8-4-5-9-18(16)23/h2-9,12-13H,10-11H2,1H3. The smallest absolute Gasteiger partial charge is 0.338 e. The average Bonchev–Trinajstić information content (AvgIpc) is 3.33. The van der Waals surface area contributed by atoms with Crippen molar-refractivity contribution in [3.05, 3.63) is 66.6 Å². The Morgan fingerprint density at radius 2 is 1.88 bits per heavy atom. The predicted octanol–water partition coefficient (Wildman–Crippen LogP) is 2.78. The van der Waals surface area contributed by atoms with Gasteiger partial charge in [0.2, 0.25) is 0 Å². The van der Waals surface area contributed by atoms with E-state index in [1.54, 1.807) is 16.8 Å². The van der Waals surface area contributed by atoms with Crippen molar-refractivity contribution in [1.29, 1.82) is 0 Å². The number of rotatable bonds is 5. The lowest BCUT2D eigenvalue weighted by atomic mass is 10.1. The summed E-state index contributed by atoms with van der Waals surface area (Å²) in [4.78, 5) is 16.3. The van der Waals surface area contributed by atoms with Crippen molar-refractivity contribution in [2.24, 2.45) is 0 Å². The maximum atomic E-state index is 11.9. The molecule has 7 heteroatoms. The number of fused-ring (bicyclic) bond motifs is 1. The molecule has 2 heterocycles. The van der Waals surface area contributed by atoms with Gasteiger partial charge < -0.3 is 9.30 Å². The summed E-state index contributed by atoms with van der Waals surface area (Å²) in [5, 5.41) is 8.39. The number of methoxy groups -OCH3 is 1. The number of para-hydroxylation sites is 2. The van der Waals surface area contributed by atoms with Crippen molar-refractivity contribution in [3.63, 3.8) is 0 Å². The van der Waals surface area contributed by atoms with Crippen LogP contribution in [0.4, 0.5) is 0 Å². The Kier molecular flexibility index (Phi) is 4.18. The van der Waals surface area contributed by atoms with Crippen molar-refractivity contribution in [3.8, 4) is 11.3 Å². The van der Waals surface area contributed by atoms with Gasteiger partial charge in [-0.25, -0.2) is 9.78 Å². The third-order valence-corrected chi connectivity index (χ3v) is 4.24. The minimum absolute atomic E-state index is 0.389. The van der Waals surface area contributed by atoms with Crippen LogP contribution in [0, 0.1) is 0 Å². The van der Waals surface area contributed by atoms with E-state index in [2.05, 4.69) is 19.9 Å². The second kappa shape index (κ2) is 6.79. The summed E-state index contributed by atoms with van der Waals surface area (Å²) in [5.74, 6) is -0.389. The number of hydrogen-bond acceptors (Lipinski definition) is 5. The van der Waals surface area contributed by atoms with Crippen LogP contribution in [-0.2, 0) is 17.8 Å². The van der Waals surface area contributed by atoms with Crippen molar-refractivity contribution >= 4 is 17.0 Å². The molecule has 4 rings (SSSR count). The van der Waals surface area contributed by atoms with Gasteiger partial charge in [0.15, 0.2) is 0 Å². The third kappa shape index (κ3) is 2.95. The molecule has 0 saturated heterocycles. The first kappa shape index (κ1) is 16.0. The van der Waals surface area contributed by atoms with Crippen LogP contribution in [0.1, 0.15) is 10.4 Å². The number of nitrogens with zero attached hydrogens (tertiary/aromatic N) is 5. The zero-order valence-corrected chi connectivity index (χ0v) is 14.2. The minimum Gasteiger partial charge on any atom is -0.465 e. The lowest BCUT2D eigenvalue weighted by Crippen LogP contribution is -2.07. The molecule has 0 aliphatic heterocycles. The van der Waals surface area contributed by atoms with Gasteiger partial charge in [0.1, 0.15) is 5.69 Å². The number of carbonyl (C=O) groups excluding carboxylic acids is 1. The van der Waals surface area contributed by atoms with Crippen LogP contribution in [0.2, 0.25) is 0 Å². The van der Waals surface area contributed by atoms with Gasteiger partial charge in [0, 0.05) is 12.1 Å². The van der Waals surface area contributed by atoms with E-state index >= 15 is 0 Å². The molecule has 0 atom stereocenters. The largest absolute Gasteiger partial charge is 0.465 e. The molecule has 7 nitrogen and oxygen atoms in total. The van der Waals surface area contributed by atoms with E-state index in [1.807, 2.05) is 48.9 Å². The highest BCUT2D eigenvalue weighted by molar-refractivity contribution is 5.96. The summed E-state index contributed by atoms with van der Waals surface area (Å²) in [6.07, 6.45) is 3.66. The van der Waals surface area contributed by atoms with Crippen molar-refractivity contribution in [1.82, 2.24) is 24.5 Å².